The van der Waals surface area contributed by atoms with Crippen LogP contribution in [0.1, 0.15) is 55.9 Å². The third-order valence-corrected chi connectivity index (χ3v) is 4.24. The highest BCUT2D eigenvalue weighted by molar-refractivity contribution is 7.09. The summed E-state index contributed by atoms with van der Waals surface area (Å²) in [7, 11) is 0. The van der Waals surface area contributed by atoms with Crippen LogP contribution in [0.4, 0.5) is 4.39 Å². The van der Waals surface area contributed by atoms with Crippen LogP contribution in [0.5, 0.6) is 0 Å². The van der Waals surface area contributed by atoms with Crippen molar-refractivity contribution < 1.29 is 4.39 Å². The van der Waals surface area contributed by atoms with E-state index in [0.717, 1.165) is 16.3 Å². The molecule has 2 nitrogen and oxygen atoms in total. The van der Waals surface area contributed by atoms with Crippen molar-refractivity contribution in [3.05, 3.63) is 50.7 Å². The summed E-state index contributed by atoms with van der Waals surface area (Å²) in [5, 5.41) is 6.85. The summed E-state index contributed by atoms with van der Waals surface area (Å²) < 4.78 is 13.6. The Morgan fingerprint density at radius 2 is 1.90 bits per heavy atom. The monoisotopic (exact) mass is 326 g/mol. The Kier molecular flexibility index (Phi) is 5.36. The number of hydrogen-bond donors (Lipinski definition) is 1. The van der Waals surface area contributed by atoms with Gasteiger partial charge in [-0.3, -0.25) is 0 Å². The lowest BCUT2D eigenvalue weighted by Gasteiger charge is -2.20. The topological polar surface area (TPSA) is 24.9 Å². The number of benzene rings is 1. The fourth-order valence-electron chi connectivity index (χ4n) is 2.08. The Hall–Kier alpha value is -0.970. The molecule has 1 aromatic heterocycles. The van der Waals surface area contributed by atoms with E-state index >= 15 is 0 Å². The Morgan fingerprint density at radius 1 is 1.19 bits per heavy atom. The van der Waals surface area contributed by atoms with E-state index in [1.54, 1.807) is 17.4 Å². The maximum atomic E-state index is 13.6. The van der Waals surface area contributed by atoms with E-state index in [-0.39, 0.29) is 17.9 Å². The van der Waals surface area contributed by atoms with Crippen molar-refractivity contribution in [3.8, 4) is 0 Å². The van der Waals surface area contributed by atoms with Crippen molar-refractivity contribution in [1.29, 1.82) is 0 Å². The number of nitrogens with one attached hydrogen (secondary N) is 1. The molecule has 0 radical (unpaired) electrons. The molecule has 1 atom stereocenters. The highest BCUT2D eigenvalue weighted by Gasteiger charge is 2.20. The molecule has 1 aromatic carbocycles. The molecule has 0 amide bonds. The van der Waals surface area contributed by atoms with Gasteiger partial charge in [0.05, 0.1) is 11.7 Å². The van der Waals surface area contributed by atoms with Gasteiger partial charge in [0.15, 0.2) is 0 Å². The second-order valence-electron chi connectivity index (χ2n) is 5.72. The second kappa shape index (κ2) is 6.86. The fraction of sp³-hybridized carbons (Fsp3) is 0.438. The van der Waals surface area contributed by atoms with Gasteiger partial charge in [-0.15, -0.1) is 11.3 Å². The molecule has 21 heavy (non-hydrogen) atoms. The van der Waals surface area contributed by atoms with E-state index in [1.165, 1.54) is 12.1 Å². The summed E-state index contributed by atoms with van der Waals surface area (Å²) in [5.41, 5.74) is 1.87. The van der Waals surface area contributed by atoms with Crippen LogP contribution >= 0.6 is 22.9 Å². The largest absolute Gasteiger partial charge is 0.302 e. The van der Waals surface area contributed by atoms with Crippen LogP contribution in [-0.4, -0.2) is 11.0 Å². The quantitative estimate of drug-likeness (QED) is 0.822. The molecule has 0 aliphatic carbocycles. The third kappa shape index (κ3) is 4.25. The van der Waals surface area contributed by atoms with E-state index < -0.39 is 0 Å². The van der Waals surface area contributed by atoms with Gasteiger partial charge in [0, 0.05) is 16.4 Å². The van der Waals surface area contributed by atoms with Crippen molar-refractivity contribution in [3.63, 3.8) is 0 Å². The van der Waals surface area contributed by atoms with Gasteiger partial charge in [-0.1, -0.05) is 25.4 Å². The van der Waals surface area contributed by atoms with Crippen LogP contribution in [0.2, 0.25) is 5.02 Å². The molecule has 114 valence electrons. The first-order chi connectivity index (χ1) is 9.86. The first kappa shape index (κ1) is 16.4. The number of nitrogens with zero attached hydrogens (tertiary/aromatic N) is 1. The molecule has 0 bridgehead atoms. The van der Waals surface area contributed by atoms with Gasteiger partial charge in [0.1, 0.15) is 10.8 Å². The average molecular weight is 327 g/mol. The number of hydrogen-bond acceptors (Lipinski definition) is 3. The highest BCUT2D eigenvalue weighted by atomic mass is 35.5. The van der Waals surface area contributed by atoms with Crippen LogP contribution in [0.15, 0.2) is 23.6 Å². The van der Waals surface area contributed by atoms with Crippen molar-refractivity contribution in [2.45, 2.75) is 45.7 Å². The van der Waals surface area contributed by atoms with Crippen LogP contribution in [-0.2, 0) is 0 Å². The molecule has 0 saturated heterocycles. The summed E-state index contributed by atoms with van der Waals surface area (Å²) >= 11 is 7.58. The molecular weight excluding hydrogens is 307 g/mol. The third-order valence-electron chi connectivity index (χ3n) is 3.10. The first-order valence-electron chi connectivity index (χ1n) is 7.04. The zero-order valence-electron chi connectivity index (χ0n) is 12.7. The summed E-state index contributed by atoms with van der Waals surface area (Å²) in [4.78, 5) is 4.69. The van der Waals surface area contributed by atoms with E-state index in [4.69, 9.17) is 11.6 Å². The molecule has 0 saturated carbocycles. The maximum Gasteiger partial charge on any atom is 0.125 e. The number of rotatable bonds is 5. The Morgan fingerprint density at radius 3 is 2.43 bits per heavy atom. The normalized spacial score (nSPS) is 13.1. The van der Waals surface area contributed by atoms with E-state index in [0.29, 0.717) is 10.9 Å². The zero-order chi connectivity index (χ0) is 15.6. The lowest BCUT2D eigenvalue weighted by molar-refractivity contribution is 0.522. The molecule has 0 fully saturated rings. The predicted molar refractivity (Wildman–Crippen MR) is 87.7 cm³/mol. The van der Waals surface area contributed by atoms with Crippen molar-refractivity contribution in [2.75, 3.05) is 0 Å². The predicted octanol–water partition coefficient (Wildman–Crippen LogP) is 5.15. The van der Waals surface area contributed by atoms with Crippen LogP contribution in [0.3, 0.4) is 0 Å². The zero-order valence-corrected chi connectivity index (χ0v) is 14.2. The van der Waals surface area contributed by atoms with Crippen LogP contribution < -0.4 is 5.32 Å². The number of aromatic nitrogens is 1. The first-order valence-corrected chi connectivity index (χ1v) is 8.30. The second-order valence-corrected chi connectivity index (χ2v) is 7.05. The van der Waals surface area contributed by atoms with Crippen molar-refractivity contribution in [1.82, 2.24) is 10.3 Å². The van der Waals surface area contributed by atoms with Crippen LogP contribution in [0, 0.1) is 5.82 Å². The standard InChI is InChI=1S/C16H20ClFN2S/c1-9(2)14-8-21-16(20-14)15(19-10(3)4)11-5-12(17)7-13(18)6-11/h5-10,15,19H,1-4H3. The molecule has 1 heterocycles. The lowest BCUT2D eigenvalue weighted by atomic mass is 10.1. The van der Waals surface area contributed by atoms with Gasteiger partial charge < -0.3 is 5.32 Å². The molecular formula is C16H20ClFN2S. The Balaban J connectivity index is 2.41. The van der Waals surface area contributed by atoms with Gasteiger partial charge in [-0.2, -0.15) is 0 Å². The van der Waals surface area contributed by atoms with Gasteiger partial charge in [-0.25, -0.2) is 9.37 Å². The number of halogens is 2. The maximum absolute atomic E-state index is 13.6. The molecule has 0 spiro atoms. The Labute approximate surface area is 134 Å². The minimum absolute atomic E-state index is 0.143. The molecule has 1 unspecified atom stereocenters. The van der Waals surface area contributed by atoms with E-state index in [1.807, 2.05) is 0 Å². The minimum Gasteiger partial charge on any atom is -0.302 e. The summed E-state index contributed by atoms with van der Waals surface area (Å²) in [6.45, 7) is 8.35. The molecule has 2 aromatic rings. The SMILES string of the molecule is CC(C)NC(c1cc(F)cc(Cl)c1)c1nc(C(C)C)cs1. The fourth-order valence-corrected chi connectivity index (χ4v) is 3.38. The Bertz CT molecular complexity index is 590. The average Bonchev–Trinajstić information content (AvgIpc) is 2.83. The highest BCUT2D eigenvalue weighted by Crippen LogP contribution is 2.30. The van der Waals surface area contributed by atoms with Crippen molar-refractivity contribution in [2.24, 2.45) is 0 Å². The van der Waals surface area contributed by atoms with Crippen molar-refractivity contribution >= 4 is 22.9 Å². The van der Waals surface area contributed by atoms with E-state index in [2.05, 4.69) is 43.4 Å². The molecule has 0 aliphatic heterocycles. The van der Waals surface area contributed by atoms with E-state index in [9.17, 15) is 4.39 Å². The summed E-state index contributed by atoms with van der Waals surface area (Å²) in [6.07, 6.45) is 0. The molecule has 1 N–H and O–H groups in total. The van der Waals surface area contributed by atoms with Crippen LogP contribution in [0.25, 0.3) is 0 Å². The van der Waals surface area contributed by atoms with Gasteiger partial charge in [-0.05, 0) is 43.5 Å². The minimum atomic E-state index is -0.325. The molecule has 2 rings (SSSR count). The smallest absolute Gasteiger partial charge is 0.125 e. The lowest BCUT2D eigenvalue weighted by Crippen LogP contribution is -2.29. The summed E-state index contributed by atoms with van der Waals surface area (Å²) in [5.74, 6) is 0.0551. The molecule has 5 heteroatoms. The van der Waals surface area contributed by atoms with Gasteiger partial charge in [0.25, 0.3) is 0 Å². The molecule has 0 aliphatic rings. The van der Waals surface area contributed by atoms with Gasteiger partial charge in [0.2, 0.25) is 0 Å². The van der Waals surface area contributed by atoms with Gasteiger partial charge >= 0.3 is 0 Å². The number of thiazole rings is 1. The summed E-state index contributed by atoms with van der Waals surface area (Å²) in [6, 6.07) is 4.74.